The highest BCUT2D eigenvalue weighted by Gasteiger charge is 2.28. The quantitative estimate of drug-likeness (QED) is 0.433. The molecule has 1 fully saturated rings. The molecule has 1 aliphatic rings. The van der Waals surface area contributed by atoms with E-state index in [-0.39, 0.29) is 11.9 Å². The Kier molecular flexibility index (Phi) is 7.49. The van der Waals surface area contributed by atoms with Crippen molar-refractivity contribution in [1.29, 1.82) is 0 Å². The molecule has 188 valence electrons. The lowest BCUT2D eigenvalue weighted by Crippen LogP contribution is -2.44. The number of fused-ring (bicyclic) bond motifs is 1. The number of benzene rings is 1. The Morgan fingerprint density at radius 1 is 1.26 bits per heavy atom. The van der Waals surface area contributed by atoms with Gasteiger partial charge >= 0.3 is 6.09 Å². The molecule has 1 aliphatic heterocycles. The highest BCUT2D eigenvalue weighted by atomic mass is 32.2. The molecule has 1 amide bonds. The van der Waals surface area contributed by atoms with Gasteiger partial charge in [0.05, 0.1) is 11.6 Å². The Balaban J connectivity index is 1.50. The number of carbonyl (C=O) groups is 1. The molecular formula is C25H33FN6O2S. The molecule has 0 bridgehead atoms. The molecule has 0 radical (unpaired) electrons. The van der Waals surface area contributed by atoms with Crippen LogP contribution < -0.4 is 4.90 Å². The second kappa shape index (κ2) is 10.4. The van der Waals surface area contributed by atoms with Crippen LogP contribution in [0, 0.1) is 11.7 Å². The van der Waals surface area contributed by atoms with Gasteiger partial charge in [0.15, 0.2) is 5.65 Å². The van der Waals surface area contributed by atoms with Crippen molar-refractivity contribution in [1.82, 2.24) is 24.6 Å². The van der Waals surface area contributed by atoms with E-state index >= 15 is 0 Å². The second-order valence-electron chi connectivity index (χ2n) is 9.76. The van der Waals surface area contributed by atoms with E-state index in [2.05, 4.69) is 26.9 Å². The zero-order valence-electron chi connectivity index (χ0n) is 21.0. The SMILES string of the molecule is CCN(CC1CCN(C(=O)OC(C)(C)C)CC1)c1ncnc2c1cnn2-c1ccc(SC)cc1F. The van der Waals surface area contributed by atoms with E-state index < -0.39 is 5.60 Å². The molecule has 1 aromatic carbocycles. The Morgan fingerprint density at radius 3 is 2.63 bits per heavy atom. The second-order valence-corrected chi connectivity index (χ2v) is 10.6. The minimum Gasteiger partial charge on any atom is -0.444 e. The molecule has 0 saturated carbocycles. The predicted octanol–water partition coefficient (Wildman–Crippen LogP) is 5.15. The average Bonchev–Trinajstić information content (AvgIpc) is 3.26. The van der Waals surface area contributed by atoms with Crippen LogP contribution in [0.3, 0.4) is 0 Å². The predicted molar refractivity (Wildman–Crippen MR) is 137 cm³/mol. The van der Waals surface area contributed by atoms with E-state index in [9.17, 15) is 9.18 Å². The lowest BCUT2D eigenvalue weighted by molar-refractivity contribution is 0.0186. The lowest BCUT2D eigenvalue weighted by atomic mass is 9.96. The van der Waals surface area contributed by atoms with Gasteiger partial charge in [-0.2, -0.15) is 5.10 Å². The van der Waals surface area contributed by atoms with E-state index in [4.69, 9.17) is 4.74 Å². The van der Waals surface area contributed by atoms with Crippen LogP contribution in [-0.4, -0.2) is 68.8 Å². The number of ether oxygens (including phenoxy) is 1. The van der Waals surface area contributed by atoms with Gasteiger partial charge in [0.1, 0.15) is 29.3 Å². The summed E-state index contributed by atoms with van der Waals surface area (Å²) in [7, 11) is 0. The summed E-state index contributed by atoms with van der Waals surface area (Å²) in [6.45, 7) is 10.7. The summed E-state index contributed by atoms with van der Waals surface area (Å²) in [5, 5.41) is 5.23. The molecule has 4 rings (SSSR count). The molecule has 0 aliphatic carbocycles. The van der Waals surface area contributed by atoms with Crippen LogP contribution in [0.25, 0.3) is 16.7 Å². The summed E-state index contributed by atoms with van der Waals surface area (Å²) < 4.78 is 21.8. The molecule has 0 unspecified atom stereocenters. The van der Waals surface area contributed by atoms with E-state index in [1.54, 1.807) is 17.2 Å². The fraction of sp³-hybridized carbons (Fsp3) is 0.520. The van der Waals surface area contributed by atoms with Crippen molar-refractivity contribution in [2.45, 2.75) is 51.0 Å². The molecule has 3 aromatic rings. The fourth-order valence-corrected chi connectivity index (χ4v) is 4.77. The van der Waals surface area contributed by atoms with Gasteiger partial charge in [-0.1, -0.05) is 0 Å². The Morgan fingerprint density at radius 2 is 2.00 bits per heavy atom. The van der Waals surface area contributed by atoms with Gasteiger partial charge in [-0.25, -0.2) is 23.8 Å². The summed E-state index contributed by atoms with van der Waals surface area (Å²) in [5.41, 5.74) is 0.444. The van der Waals surface area contributed by atoms with Crippen LogP contribution >= 0.6 is 11.8 Å². The third-order valence-corrected chi connectivity index (χ3v) is 6.88. The minimum absolute atomic E-state index is 0.244. The molecule has 3 heterocycles. The van der Waals surface area contributed by atoms with E-state index in [0.717, 1.165) is 42.0 Å². The molecule has 0 atom stereocenters. The number of thioether (sulfide) groups is 1. The van der Waals surface area contributed by atoms with Crippen molar-refractivity contribution in [3.8, 4) is 5.69 Å². The highest BCUT2D eigenvalue weighted by molar-refractivity contribution is 7.98. The van der Waals surface area contributed by atoms with Gasteiger partial charge in [0.2, 0.25) is 0 Å². The van der Waals surface area contributed by atoms with Gasteiger partial charge in [0.25, 0.3) is 0 Å². The smallest absolute Gasteiger partial charge is 0.410 e. The first kappa shape index (κ1) is 25.2. The number of hydrogen-bond acceptors (Lipinski definition) is 7. The van der Waals surface area contributed by atoms with Crippen molar-refractivity contribution in [3.63, 3.8) is 0 Å². The van der Waals surface area contributed by atoms with Crippen molar-refractivity contribution >= 4 is 34.7 Å². The van der Waals surface area contributed by atoms with Crippen molar-refractivity contribution in [2.75, 3.05) is 37.3 Å². The lowest BCUT2D eigenvalue weighted by Gasteiger charge is -2.35. The number of piperidine rings is 1. The Labute approximate surface area is 209 Å². The number of hydrogen-bond donors (Lipinski definition) is 0. The maximum atomic E-state index is 14.8. The monoisotopic (exact) mass is 500 g/mol. The number of halogens is 1. The highest BCUT2D eigenvalue weighted by Crippen LogP contribution is 2.29. The largest absolute Gasteiger partial charge is 0.444 e. The number of amides is 1. The van der Waals surface area contributed by atoms with Crippen LogP contribution in [-0.2, 0) is 4.74 Å². The van der Waals surface area contributed by atoms with E-state index in [1.807, 2.05) is 33.1 Å². The van der Waals surface area contributed by atoms with Crippen LogP contribution in [0.5, 0.6) is 0 Å². The molecule has 1 saturated heterocycles. The van der Waals surface area contributed by atoms with Gasteiger partial charge in [-0.3, -0.25) is 0 Å². The standard InChI is InChI=1S/C25H33FN6O2S/c1-6-30(15-17-9-11-31(12-10-17)24(33)34-25(2,3)4)22-19-14-29-32(23(19)28-16-27-22)21-8-7-18(35-5)13-20(21)26/h7-8,13-14,16-17H,6,9-12,15H2,1-5H3. The minimum atomic E-state index is -0.490. The van der Waals surface area contributed by atoms with Gasteiger partial charge < -0.3 is 14.5 Å². The summed E-state index contributed by atoms with van der Waals surface area (Å²) in [4.78, 5) is 26.2. The summed E-state index contributed by atoms with van der Waals surface area (Å²) in [6, 6.07) is 5.11. The number of likely N-dealkylation sites (tertiary alicyclic amines) is 1. The first-order chi connectivity index (χ1) is 16.7. The van der Waals surface area contributed by atoms with Gasteiger partial charge in [-0.05, 0) is 70.9 Å². The number of aromatic nitrogens is 4. The van der Waals surface area contributed by atoms with Crippen LogP contribution in [0.1, 0.15) is 40.5 Å². The molecule has 0 spiro atoms. The van der Waals surface area contributed by atoms with Crippen molar-refractivity contribution in [3.05, 3.63) is 36.5 Å². The third kappa shape index (κ3) is 5.69. The van der Waals surface area contributed by atoms with E-state index in [0.29, 0.717) is 30.3 Å². The molecular weight excluding hydrogens is 467 g/mol. The zero-order chi connectivity index (χ0) is 25.2. The fourth-order valence-electron chi connectivity index (χ4n) is 4.35. The zero-order valence-corrected chi connectivity index (χ0v) is 21.8. The summed E-state index contributed by atoms with van der Waals surface area (Å²) in [6.07, 6.45) is 6.69. The van der Waals surface area contributed by atoms with Crippen LogP contribution in [0.4, 0.5) is 15.0 Å². The van der Waals surface area contributed by atoms with Crippen LogP contribution in [0.2, 0.25) is 0 Å². The van der Waals surface area contributed by atoms with Gasteiger partial charge in [-0.15, -0.1) is 11.8 Å². The van der Waals surface area contributed by atoms with Crippen molar-refractivity contribution in [2.24, 2.45) is 5.92 Å². The number of rotatable bonds is 6. The molecule has 8 nitrogen and oxygen atoms in total. The Bertz CT molecular complexity index is 1190. The normalized spacial score (nSPS) is 15.0. The summed E-state index contributed by atoms with van der Waals surface area (Å²) >= 11 is 1.49. The molecule has 35 heavy (non-hydrogen) atoms. The third-order valence-electron chi connectivity index (χ3n) is 6.15. The number of anilines is 1. The molecule has 0 N–H and O–H groups in total. The van der Waals surface area contributed by atoms with Gasteiger partial charge in [0, 0.05) is 31.1 Å². The molecule has 10 heteroatoms. The topological polar surface area (TPSA) is 76.4 Å². The van der Waals surface area contributed by atoms with Crippen molar-refractivity contribution < 1.29 is 13.9 Å². The van der Waals surface area contributed by atoms with E-state index in [1.165, 1.54) is 28.8 Å². The maximum absolute atomic E-state index is 14.8. The number of nitrogens with zero attached hydrogens (tertiary/aromatic N) is 6. The first-order valence-corrected chi connectivity index (χ1v) is 13.2. The first-order valence-electron chi connectivity index (χ1n) is 12.0. The maximum Gasteiger partial charge on any atom is 0.410 e. The van der Waals surface area contributed by atoms with Crippen LogP contribution in [0.15, 0.2) is 35.6 Å². The Hall–Kier alpha value is -2.88. The number of carbonyl (C=O) groups excluding carboxylic acids is 1. The molecule has 2 aromatic heterocycles. The average molecular weight is 501 g/mol. The summed E-state index contributed by atoms with van der Waals surface area (Å²) in [5.74, 6) is 0.871.